The van der Waals surface area contributed by atoms with Crippen molar-refractivity contribution in [2.24, 2.45) is 0 Å². The highest BCUT2D eigenvalue weighted by Gasteiger charge is 2.87. The molecule has 1 rings (SSSR count). The first-order chi connectivity index (χ1) is 19.2. The number of hydrogen-bond donors (Lipinski definition) is 1. The fraction of sp³-hybridized carbons (Fsp3) is 0.667. The molecule has 0 saturated heterocycles. The van der Waals surface area contributed by atoms with E-state index in [0.29, 0.717) is 12.0 Å². The minimum atomic E-state index is -7.61. The van der Waals surface area contributed by atoms with Crippen molar-refractivity contribution in [3.8, 4) is 5.75 Å². The van der Waals surface area contributed by atoms with E-state index in [4.69, 9.17) is 14.6 Å². The van der Waals surface area contributed by atoms with E-state index in [9.17, 15) is 57.9 Å². The van der Waals surface area contributed by atoms with E-state index in [1.54, 1.807) is 13.8 Å². The van der Waals surface area contributed by atoms with E-state index in [-0.39, 0.29) is 30.1 Å². The van der Waals surface area contributed by atoms with Crippen LogP contribution in [0.25, 0.3) is 0 Å². The zero-order valence-corrected chi connectivity index (χ0v) is 22.1. The van der Waals surface area contributed by atoms with Gasteiger partial charge in [-0.1, -0.05) is 25.5 Å². The average Bonchev–Trinajstić information content (AvgIpc) is 2.87. The van der Waals surface area contributed by atoms with Gasteiger partial charge in [-0.2, -0.15) is 48.3 Å². The van der Waals surface area contributed by atoms with E-state index in [1.165, 1.54) is 24.3 Å². The van der Waals surface area contributed by atoms with Crippen molar-refractivity contribution in [1.29, 1.82) is 0 Å². The van der Waals surface area contributed by atoms with Crippen molar-refractivity contribution in [1.82, 2.24) is 4.90 Å². The molecular weight excluding hydrogens is 607 g/mol. The Balaban J connectivity index is 3.09. The topological polar surface area (TPSA) is 85.3 Å². The first kappa shape index (κ1) is 37.0. The second kappa shape index (κ2) is 14.4. The monoisotopic (exact) mass is 635 g/mol. The second-order valence-electron chi connectivity index (χ2n) is 8.79. The Hall–Kier alpha value is -3.05. The maximum absolute atomic E-state index is 14.4. The molecule has 1 amide bonds. The third-order valence-electron chi connectivity index (χ3n) is 5.59. The molecule has 242 valence electrons. The zero-order chi connectivity index (χ0) is 32.6. The van der Waals surface area contributed by atoms with Crippen LogP contribution in [-0.2, 0) is 20.7 Å². The molecule has 0 aliphatic heterocycles. The number of alkyl halides is 11. The molecule has 0 aliphatic rings. The Kier molecular flexibility index (Phi) is 12.7. The molecule has 0 heterocycles. The maximum Gasteiger partial charge on any atom is 0.460 e. The number of rotatable bonds is 17. The number of aliphatic carboxylic acids is 1. The summed E-state index contributed by atoms with van der Waals surface area (Å²) < 4.78 is 162. The molecule has 0 saturated carbocycles. The molecule has 0 radical (unpaired) electrons. The first-order valence-corrected chi connectivity index (χ1v) is 12.2. The van der Waals surface area contributed by atoms with E-state index in [1.807, 2.05) is 0 Å². The summed E-state index contributed by atoms with van der Waals surface area (Å²) in [5.41, 5.74) is 0.461. The molecule has 18 heteroatoms. The lowest BCUT2D eigenvalue weighted by Crippen LogP contribution is -2.68. The molecule has 1 aromatic carbocycles. The van der Waals surface area contributed by atoms with Crippen molar-refractivity contribution in [3.05, 3.63) is 29.8 Å². The number of carboxylic acid groups (broad SMARTS) is 1. The number of ether oxygens (including phenoxy) is 3. The molecule has 1 aromatic rings. The van der Waals surface area contributed by atoms with Crippen LogP contribution >= 0.6 is 0 Å². The Morgan fingerprint density at radius 2 is 1.43 bits per heavy atom. The molecule has 0 aliphatic carbocycles. The van der Waals surface area contributed by atoms with Crippen LogP contribution in [-0.4, -0.2) is 90.9 Å². The molecule has 42 heavy (non-hydrogen) atoms. The summed E-state index contributed by atoms with van der Waals surface area (Å²) in [5, 5.41) is 9.13. The normalized spacial score (nSPS) is 13.9. The van der Waals surface area contributed by atoms with Crippen molar-refractivity contribution in [2.45, 2.75) is 69.1 Å². The van der Waals surface area contributed by atoms with Crippen LogP contribution in [0.4, 0.5) is 53.1 Å². The van der Waals surface area contributed by atoms with Gasteiger partial charge in [-0.3, -0.25) is 4.90 Å². The number of halogens is 11. The Labute approximate surface area is 232 Å². The first-order valence-electron chi connectivity index (χ1n) is 12.2. The predicted octanol–water partition coefficient (Wildman–Crippen LogP) is 6.44. The van der Waals surface area contributed by atoms with Crippen molar-refractivity contribution >= 4 is 12.1 Å². The van der Waals surface area contributed by atoms with Gasteiger partial charge >= 0.3 is 41.9 Å². The Bertz CT molecular complexity index is 1020. The second-order valence-corrected chi connectivity index (χ2v) is 8.79. The number of amides is 1. The minimum absolute atomic E-state index is 0.0187. The zero-order valence-electron chi connectivity index (χ0n) is 22.1. The van der Waals surface area contributed by atoms with Gasteiger partial charge in [0.2, 0.25) is 0 Å². The summed E-state index contributed by atoms with van der Waals surface area (Å²) >= 11 is 0. The van der Waals surface area contributed by atoms with Crippen LogP contribution in [0.1, 0.15) is 32.3 Å². The minimum Gasteiger partial charge on any atom is -0.492 e. The number of nitrogens with zero attached hydrogens (tertiary/aromatic N) is 1. The van der Waals surface area contributed by atoms with Crippen molar-refractivity contribution < 1.29 is 77.2 Å². The van der Waals surface area contributed by atoms with Gasteiger partial charge in [0, 0.05) is 13.0 Å². The Morgan fingerprint density at radius 3 is 1.90 bits per heavy atom. The van der Waals surface area contributed by atoms with Gasteiger partial charge in [-0.05, 0) is 31.0 Å². The van der Waals surface area contributed by atoms with Crippen LogP contribution in [0.3, 0.4) is 0 Å². The van der Waals surface area contributed by atoms with Crippen LogP contribution in [0.15, 0.2) is 24.3 Å². The molecule has 1 unspecified atom stereocenters. The lowest BCUT2D eigenvalue weighted by atomic mass is 9.97. The third kappa shape index (κ3) is 8.73. The number of carbonyl (C=O) groups is 2. The van der Waals surface area contributed by atoms with Gasteiger partial charge in [0.25, 0.3) is 0 Å². The predicted molar refractivity (Wildman–Crippen MR) is 122 cm³/mol. The van der Waals surface area contributed by atoms with Crippen LogP contribution in [0.5, 0.6) is 5.75 Å². The maximum atomic E-state index is 14.4. The summed E-state index contributed by atoms with van der Waals surface area (Å²) in [6.07, 6.45) is -9.76. The fourth-order valence-corrected chi connectivity index (χ4v) is 3.20. The molecule has 0 spiro atoms. The van der Waals surface area contributed by atoms with Crippen LogP contribution in [0.2, 0.25) is 0 Å². The standard InChI is InChI=1S/C24H28F11NO6/c1-3-5-11-42-19(39)36(14-20(25,26)21(27,28)22(29,30)23(31,32)24(33,34)35)10-12-41-16-8-6-15(7-9-16)13-17(18(37)38)40-4-2/h6-9,17H,3-5,10-14H2,1-2H3,(H,37,38). The average molecular weight is 635 g/mol. The molecule has 7 nitrogen and oxygen atoms in total. The van der Waals surface area contributed by atoms with Crippen molar-refractivity contribution in [3.63, 3.8) is 0 Å². The largest absolute Gasteiger partial charge is 0.492 e. The van der Waals surface area contributed by atoms with E-state index < -0.39 is 74.3 Å². The van der Waals surface area contributed by atoms with Gasteiger partial charge in [-0.25, -0.2) is 9.59 Å². The molecule has 0 aromatic heterocycles. The highest BCUT2D eigenvalue weighted by atomic mass is 19.4. The lowest BCUT2D eigenvalue weighted by molar-refractivity contribution is -0.422. The molecule has 1 N–H and O–H groups in total. The molecule has 0 bridgehead atoms. The summed E-state index contributed by atoms with van der Waals surface area (Å²) in [5.74, 6) is -30.0. The fourth-order valence-electron chi connectivity index (χ4n) is 3.20. The van der Waals surface area contributed by atoms with E-state index in [0.717, 1.165) is 0 Å². The smallest absolute Gasteiger partial charge is 0.460 e. The highest BCUT2D eigenvalue weighted by molar-refractivity contribution is 5.72. The summed E-state index contributed by atoms with van der Waals surface area (Å²) in [6.45, 7) is -1.73. The number of hydrogen-bond acceptors (Lipinski definition) is 5. The van der Waals surface area contributed by atoms with Crippen LogP contribution in [0, 0.1) is 0 Å². The summed E-state index contributed by atoms with van der Waals surface area (Å²) in [7, 11) is 0. The highest BCUT2D eigenvalue weighted by Crippen LogP contribution is 2.57. The quantitative estimate of drug-likeness (QED) is 0.157. The van der Waals surface area contributed by atoms with E-state index >= 15 is 0 Å². The van der Waals surface area contributed by atoms with Crippen LogP contribution < -0.4 is 4.74 Å². The third-order valence-corrected chi connectivity index (χ3v) is 5.59. The summed E-state index contributed by atoms with van der Waals surface area (Å²) in [6, 6.07) is 5.32. The number of unbranched alkanes of at least 4 members (excludes halogenated alkanes) is 1. The van der Waals surface area contributed by atoms with Gasteiger partial charge in [0.05, 0.1) is 19.7 Å². The molecular formula is C24H28F11NO6. The number of carboxylic acids is 1. The van der Waals surface area contributed by atoms with Gasteiger partial charge in [0.1, 0.15) is 12.4 Å². The van der Waals surface area contributed by atoms with Crippen molar-refractivity contribution in [2.75, 3.05) is 32.9 Å². The number of benzene rings is 1. The summed E-state index contributed by atoms with van der Waals surface area (Å²) in [4.78, 5) is 23.1. The SMILES string of the molecule is CCCCOC(=O)N(CCOc1ccc(CC(OCC)C(=O)O)cc1)CC(F)(F)C(F)(F)C(F)(F)C(F)(F)C(F)(F)F. The number of carbonyl (C=O) groups excluding carboxylic acids is 1. The van der Waals surface area contributed by atoms with E-state index in [2.05, 4.69) is 4.74 Å². The lowest BCUT2D eigenvalue weighted by Gasteiger charge is -2.38. The van der Waals surface area contributed by atoms with Gasteiger partial charge in [-0.15, -0.1) is 0 Å². The molecule has 1 atom stereocenters. The molecule has 0 fully saturated rings. The Morgan fingerprint density at radius 1 is 0.857 bits per heavy atom. The van der Waals surface area contributed by atoms with Gasteiger partial charge < -0.3 is 19.3 Å². The van der Waals surface area contributed by atoms with Gasteiger partial charge in [0.15, 0.2) is 6.10 Å².